The average molecular weight is 364 g/mol. The summed E-state index contributed by atoms with van der Waals surface area (Å²) in [5.41, 5.74) is 2.55. The number of imidazole rings is 1. The fraction of sp³-hybridized carbons (Fsp3) is 0.762. The van der Waals surface area contributed by atoms with Crippen LogP contribution in [-0.2, 0) is 27.7 Å². The van der Waals surface area contributed by atoms with Gasteiger partial charge in [-0.2, -0.15) is 0 Å². The zero-order valence-electron chi connectivity index (χ0n) is 16.6. The molecule has 2 bridgehead atoms. The minimum absolute atomic E-state index is 0.648. The SMILES string of the molecule is Cc1[nH]c(CCCOCCOCCOCC2CC3C=CC2C3)[n+](C)c1C. The number of rotatable bonds is 12. The van der Waals surface area contributed by atoms with Crippen LogP contribution in [-0.4, -0.2) is 44.6 Å². The monoisotopic (exact) mass is 363 g/mol. The number of fused-ring (bicyclic) bond motifs is 2. The van der Waals surface area contributed by atoms with Crippen LogP contribution in [0.1, 0.15) is 36.5 Å². The molecule has 2 aliphatic carbocycles. The number of hydrogen-bond donors (Lipinski definition) is 1. The molecule has 1 aromatic heterocycles. The molecule has 0 radical (unpaired) electrons. The van der Waals surface area contributed by atoms with E-state index in [-0.39, 0.29) is 0 Å². The standard InChI is InChI=1S/C21H34N2O3/c1-16-17(2)23(3)21(22-16)5-4-8-24-9-10-25-11-12-26-15-20-14-18-6-7-19(20)13-18/h6-7,18-20H,4-5,8-15H2,1-3H3/p+1. The molecule has 3 unspecified atom stereocenters. The number of aromatic amines is 1. The highest BCUT2D eigenvalue weighted by atomic mass is 16.5. The van der Waals surface area contributed by atoms with Gasteiger partial charge in [-0.3, -0.25) is 0 Å². The topological polar surface area (TPSA) is 47.4 Å². The van der Waals surface area contributed by atoms with Crippen molar-refractivity contribution in [1.29, 1.82) is 0 Å². The lowest BCUT2D eigenvalue weighted by Crippen LogP contribution is -2.34. The van der Waals surface area contributed by atoms with E-state index < -0.39 is 0 Å². The summed E-state index contributed by atoms with van der Waals surface area (Å²) < 4.78 is 19.3. The largest absolute Gasteiger partial charge is 0.379 e. The molecule has 0 amide bonds. The van der Waals surface area contributed by atoms with Gasteiger partial charge in [-0.1, -0.05) is 12.2 Å². The van der Waals surface area contributed by atoms with Gasteiger partial charge in [0, 0.05) is 20.5 Å². The van der Waals surface area contributed by atoms with Crippen molar-refractivity contribution >= 4 is 0 Å². The Balaban J connectivity index is 1.11. The van der Waals surface area contributed by atoms with Crippen molar-refractivity contribution < 1.29 is 18.8 Å². The predicted octanol–water partition coefficient (Wildman–Crippen LogP) is 2.65. The van der Waals surface area contributed by atoms with E-state index in [2.05, 4.69) is 42.6 Å². The summed E-state index contributed by atoms with van der Waals surface area (Å²) >= 11 is 0. The Bertz CT molecular complexity index is 596. The summed E-state index contributed by atoms with van der Waals surface area (Å²) in [4.78, 5) is 3.44. The number of nitrogens with zero attached hydrogens (tertiary/aromatic N) is 1. The molecule has 1 fully saturated rings. The molecule has 5 heteroatoms. The summed E-state index contributed by atoms with van der Waals surface area (Å²) in [6.45, 7) is 8.58. The fourth-order valence-electron chi connectivity index (χ4n) is 4.18. The highest BCUT2D eigenvalue weighted by Crippen LogP contribution is 2.43. The van der Waals surface area contributed by atoms with Gasteiger partial charge in [0.2, 0.25) is 0 Å². The van der Waals surface area contributed by atoms with Crippen LogP contribution in [0.4, 0.5) is 0 Å². The van der Waals surface area contributed by atoms with Gasteiger partial charge < -0.3 is 14.2 Å². The van der Waals surface area contributed by atoms with Crippen LogP contribution in [0.3, 0.4) is 0 Å². The fourth-order valence-corrected chi connectivity index (χ4v) is 4.18. The van der Waals surface area contributed by atoms with E-state index in [1.807, 2.05) is 0 Å². The minimum atomic E-state index is 0.648. The summed E-state index contributed by atoms with van der Waals surface area (Å²) in [6.07, 6.45) is 9.46. The van der Waals surface area contributed by atoms with E-state index >= 15 is 0 Å². The van der Waals surface area contributed by atoms with E-state index in [0.29, 0.717) is 26.4 Å². The minimum Gasteiger partial charge on any atom is -0.379 e. The lowest BCUT2D eigenvalue weighted by Gasteiger charge is -2.17. The Morgan fingerprint density at radius 3 is 2.35 bits per heavy atom. The third-order valence-electron chi connectivity index (χ3n) is 5.98. The highest BCUT2D eigenvalue weighted by molar-refractivity contribution is 5.10. The highest BCUT2D eigenvalue weighted by Gasteiger charge is 2.35. The van der Waals surface area contributed by atoms with Crippen molar-refractivity contribution in [3.8, 4) is 0 Å². The number of allylic oxidation sites excluding steroid dienone is 2. The van der Waals surface area contributed by atoms with E-state index in [0.717, 1.165) is 43.8 Å². The van der Waals surface area contributed by atoms with Gasteiger partial charge in [-0.15, -0.1) is 0 Å². The van der Waals surface area contributed by atoms with Crippen molar-refractivity contribution in [3.63, 3.8) is 0 Å². The third kappa shape index (κ3) is 5.18. The first-order valence-electron chi connectivity index (χ1n) is 10.1. The maximum atomic E-state index is 5.78. The molecule has 1 saturated carbocycles. The van der Waals surface area contributed by atoms with Gasteiger partial charge in [-0.25, -0.2) is 9.55 Å². The van der Waals surface area contributed by atoms with E-state index in [1.165, 1.54) is 30.1 Å². The molecular formula is C21H35N2O3+. The molecule has 5 nitrogen and oxygen atoms in total. The Morgan fingerprint density at radius 2 is 1.73 bits per heavy atom. The van der Waals surface area contributed by atoms with E-state index in [9.17, 15) is 0 Å². The van der Waals surface area contributed by atoms with Gasteiger partial charge in [-0.05, 0) is 37.0 Å². The number of nitrogens with one attached hydrogen (secondary N) is 1. The van der Waals surface area contributed by atoms with Gasteiger partial charge in [0.15, 0.2) is 0 Å². The van der Waals surface area contributed by atoms with Gasteiger partial charge in [0.05, 0.1) is 46.5 Å². The molecule has 1 heterocycles. The molecule has 26 heavy (non-hydrogen) atoms. The number of hydrogen-bond acceptors (Lipinski definition) is 3. The first-order chi connectivity index (χ1) is 12.6. The lowest BCUT2D eigenvalue weighted by atomic mass is 9.95. The maximum absolute atomic E-state index is 5.78. The van der Waals surface area contributed by atoms with Crippen LogP contribution in [0.15, 0.2) is 12.2 Å². The zero-order chi connectivity index (χ0) is 18.4. The Morgan fingerprint density at radius 1 is 1.00 bits per heavy atom. The van der Waals surface area contributed by atoms with Gasteiger partial charge in [0.1, 0.15) is 11.4 Å². The van der Waals surface area contributed by atoms with E-state index in [1.54, 1.807) is 0 Å². The zero-order valence-corrected chi connectivity index (χ0v) is 16.6. The lowest BCUT2D eigenvalue weighted by molar-refractivity contribution is -0.683. The van der Waals surface area contributed by atoms with Crippen LogP contribution in [0.25, 0.3) is 0 Å². The molecule has 1 aromatic rings. The Kier molecular flexibility index (Phi) is 7.29. The predicted molar refractivity (Wildman–Crippen MR) is 101 cm³/mol. The molecule has 0 aromatic carbocycles. The van der Waals surface area contributed by atoms with E-state index in [4.69, 9.17) is 14.2 Å². The van der Waals surface area contributed by atoms with Crippen molar-refractivity contribution in [2.24, 2.45) is 24.8 Å². The van der Waals surface area contributed by atoms with Crippen LogP contribution >= 0.6 is 0 Å². The molecular weight excluding hydrogens is 328 g/mol. The summed E-state index contributed by atoms with van der Waals surface area (Å²) in [5, 5.41) is 0. The second-order valence-corrected chi connectivity index (χ2v) is 7.78. The Hall–Kier alpha value is -1.17. The van der Waals surface area contributed by atoms with Crippen molar-refractivity contribution in [3.05, 3.63) is 29.4 Å². The molecule has 3 atom stereocenters. The second-order valence-electron chi connectivity index (χ2n) is 7.78. The van der Waals surface area contributed by atoms with Gasteiger partial charge in [0.25, 0.3) is 5.82 Å². The molecule has 146 valence electrons. The van der Waals surface area contributed by atoms with Crippen molar-refractivity contribution in [2.75, 3.05) is 39.6 Å². The molecule has 0 aliphatic heterocycles. The summed E-state index contributed by atoms with van der Waals surface area (Å²) in [7, 11) is 2.11. The molecule has 3 rings (SSSR count). The van der Waals surface area contributed by atoms with Crippen molar-refractivity contribution in [2.45, 2.75) is 39.5 Å². The molecule has 1 N–H and O–H groups in total. The molecule has 0 spiro atoms. The maximum Gasteiger partial charge on any atom is 0.254 e. The Labute approximate surface area is 157 Å². The normalized spacial score (nSPS) is 24.0. The number of aromatic nitrogens is 2. The first kappa shape index (κ1) is 19.6. The quantitative estimate of drug-likeness (QED) is 0.353. The molecule has 2 aliphatic rings. The first-order valence-corrected chi connectivity index (χ1v) is 10.1. The molecule has 0 saturated heterocycles. The van der Waals surface area contributed by atoms with Crippen molar-refractivity contribution in [1.82, 2.24) is 4.98 Å². The smallest absolute Gasteiger partial charge is 0.254 e. The van der Waals surface area contributed by atoms with Crippen LogP contribution in [0.5, 0.6) is 0 Å². The average Bonchev–Trinajstić information content (AvgIpc) is 3.32. The number of ether oxygens (including phenoxy) is 3. The van der Waals surface area contributed by atoms with Crippen LogP contribution in [0.2, 0.25) is 0 Å². The van der Waals surface area contributed by atoms with Crippen LogP contribution in [0, 0.1) is 31.6 Å². The number of H-pyrrole nitrogens is 1. The second kappa shape index (κ2) is 9.67. The van der Waals surface area contributed by atoms with Crippen LogP contribution < -0.4 is 4.57 Å². The summed E-state index contributed by atoms with van der Waals surface area (Å²) in [6, 6.07) is 0. The number of aryl methyl sites for hydroxylation is 2. The summed E-state index contributed by atoms with van der Waals surface area (Å²) in [5.74, 6) is 3.61. The van der Waals surface area contributed by atoms with Gasteiger partial charge >= 0.3 is 0 Å². The third-order valence-corrected chi connectivity index (χ3v) is 5.98.